The fourth-order valence-electron chi connectivity index (χ4n) is 7.59. The number of aromatic nitrogens is 1. The molecule has 3 aromatic rings. The zero-order chi connectivity index (χ0) is 36.5. The van der Waals surface area contributed by atoms with Crippen LogP contribution in [0.25, 0.3) is 10.9 Å². The van der Waals surface area contributed by atoms with Gasteiger partial charge < -0.3 is 14.6 Å². The van der Waals surface area contributed by atoms with Crippen molar-refractivity contribution in [3.05, 3.63) is 63.8 Å². The predicted octanol–water partition coefficient (Wildman–Crippen LogP) is 4.71. The van der Waals surface area contributed by atoms with Crippen LogP contribution in [-0.4, -0.2) is 115 Å². The Morgan fingerprint density at radius 3 is 2.25 bits per heavy atom. The average Bonchev–Trinajstić information content (AvgIpc) is 3.78. The van der Waals surface area contributed by atoms with Crippen molar-refractivity contribution in [3.8, 4) is 0 Å². The maximum atomic E-state index is 15.0. The standard InChI is InChI=1S/C36H45Cl2N6O6S/c1-40(2)51(48,49)44-18-16-43(17-19-44)36(42-14-6-7-15-42,50-27-12-10-25(24-45)11-13-27)34(46)21-26-20-31(38)32(22-30(26)37)39-35(47)29-23-41(3)33-9-5-4-8-28(29)33/h4-5,8-9,20,22-23,25,27H,6-7,10-19,21H2,1-3H3,(H,39,47)/t25-,27-,36?. The summed E-state index contributed by atoms with van der Waals surface area (Å²) < 4.78 is 37.5. The van der Waals surface area contributed by atoms with Gasteiger partial charge in [-0.3, -0.25) is 24.2 Å². The topological polar surface area (TPSA) is 124 Å². The average molecular weight is 761 g/mol. The van der Waals surface area contributed by atoms with E-state index in [0.29, 0.717) is 55.6 Å². The molecule has 3 heterocycles. The first-order chi connectivity index (χ1) is 24.3. The van der Waals surface area contributed by atoms with Crippen molar-refractivity contribution in [2.75, 3.05) is 58.7 Å². The fourth-order valence-corrected chi connectivity index (χ4v) is 9.14. The molecule has 1 unspecified atom stereocenters. The zero-order valence-electron chi connectivity index (χ0n) is 29.2. The van der Waals surface area contributed by atoms with E-state index >= 15 is 0 Å². The lowest BCUT2D eigenvalue weighted by atomic mass is 9.88. The van der Waals surface area contributed by atoms with Gasteiger partial charge in [-0.05, 0) is 62.3 Å². The number of benzene rings is 2. The van der Waals surface area contributed by atoms with Crippen molar-refractivity contribution < 1.29 is 27.5 Å². The van der Waals surface area contributed by atoms with Crippen LogP contribution in [0.1, 0.15) is 54.4 Å². The molecule has 6 rings (SSSR count). The summed E-state index contributed by atoms with van der Waals surface area (Å²) in [6.45, 7) is 2.20. The second kappa shape index (κ2) is 15.6. The second-order valence-corrected chi connectivity index (χ2v) is 16.8. The van der Waals surface area contributed by atoms with Crippen LogP contribution in [0, 0.1) is 5.92 Å². The lowest BCUT2D eigenvalue weighted by Gasteiger charge is -2.51. The van der Waals surface area contributed by atoms with E-state index in [-0.39, 0.29) is 66.4 Å². The highest BCUT2D eigenvalue weighted by molar-refractivity contribution is 7.86. The second-order valence-electron chi connectivity index (χ2n) is 13.8. The van der Waals surface area contributed by atoms with E-state index in [4.69, 9.17) is 27.9 Å². The number of nitrogens with one attached hydrogen (secondary N) is 1. The van der Waals surface area contributed by atoms with Crippen LogP contribution in [0.5, 0.6) is 0 Å². The molecule has 51 heavy (non-hydrogen) atoms. The Balaban J connectivity index is 1.29. The summed E-state index contributed by atoms with van der Waals surface area (Å²) in [5, 5.41) is 4.19. The molecule has 2 saturated heterocycles. The highest BCUT2D eigenvalue weighted by Crippen LogP contribution is 2.38. The van der Waals surface area contributed by atoms with Crippen LogP contribution in [0.15, 0.2) is 42.6 Å². The van der Waals surface area contributed by atoms with Gasteiger partial charge >= 0.3 is 0 Å². The fraction of sp³-hybridized carbons (Fsp3) is 0.528. The van der Waals surface area contributed by atoms with E-state index in [1.54, 1.807) is 18.3 Å². The first-order valence-corrected chi connectivity index (χ1v) is 19.6. The highest BCUT2D eigenvalue weighted by Gasteiger charge is 2.53. The molecular formula is C36H45Cl2N6O6S. The van der Waals surface area contributed by atoms with E-state index in [1.165, 1.54) is 22.7 Å². The van der Waals surface area contributed by atoms with Crippen molar-refractivity contribution in [1.29, 1.82) is 0 Å². The number of fused-ring (bicyclic) bond motifs is 1. The molecule has 15 heteroatoms. The van der Waals surface area contributed by atoms with Crippen molar-refractivity contribution >= 4 is 68.0 Å². The summed E-state index contributed by atoms with van der Waals surface area (Å²) in [6, 6.07) is 10.8. The minimum absolute atomic E-state index is 0.111. The Labute approximate surface area is 309 Å². The third-order valence-corrected chi connectivity index (χ3v) is 13.0. The van der Waals surface area contributed by atoms with Crippen LogP contribution >= 0.6 is 23.2 Å². The van der Waals surface area contributed by atoms with E-state index in [9.17, 15) is 22.8 Å². The van der Waals surface area contributed by atoms with Crippen molar-refractivity contribution in [3.63, 3.8) is 0 Å². The van der Waals surface area contributed by atoms with Crippen LogP contribution in [0.4, 0.5) is 5.69 Å². The molecule has 1 aliphatic carbocycles. The van der Waals surface area contributed by atoms with Crippen molar-refractivity contribution in [2.24, 2.45) is 13.0 Å². The summed E-state index contributed by atoms with van der Waals surface area (Å²) in [6.07, 6.45) is 7.73. The molecule has 1 amide bonds. The molecule has 1 saturated carbocycles. The van der Waals surface area contributed by atoms with Gasteiger partial charge in [0.2, 0.25) is 12.1 Å². The molecule has 2 aromatic carbocycles. The SMILES string of the molecule is CN(C)S(=O)(=O)N1CCN(C(O[C@H]2CC[C@H]([C]=O)CC2)(C(=O)Cc2cc(Cl)c(NC(=O)c3cn(C)c4ccccc34)cc2Cl)N2CCCC2)CC1. The quantitative estimate of drug-likeness (QED) is 0.282. The van der Waals surface area contributed by atoms with Gasteiger partial charge in [0.05, 0.1) is 22.4 Å². The molecule has 0 bridgehead atoms. The molecule has 2 aliphatic heterocycles. The number of anilines is 1. The lowest BCUT2D eigenvalue weighted by Crippen LogP contribution is -2.71. The highest BCUT2D eigenvalue weighted by atomic mass is 35.5. The minimum Gasteiger partial charge on any atom is -0.350 e. The number of piperazine rings is 1. The molecule has 1 atom stereocenters. The Morgan fingerprint density at radius 2 is 1.61 bits per heavy atom. The third-order valence-electron chi connectivity index (χ3n) is 10.4. The van der Waals surface area contributed by atoms with Gasteiger partial charge in [0.1, 0.15) is 0 Å². The first-order valence-electron chi connectivity index (χ1n) is 17.4. The molecule has 12 nitrogen and oxygen atoms in total. The van der Waals surface area contributed by atoms with Crippen molar-refractivity contribution in [2.45, 2.75) is 56.9 Å². The predicted molar refractivity (Wildman–Crippen MR) is 198 cm³/mol. The van der Waals surface area contributed by atoms with Crippen molar-refractivity contribution in [1.82, 2.24) is 23.0 Å². The van der Waals surface area contributed by atoms with Gasteiger partial charge in [-0.1, -0.05) is 41.4 Å². The van der Waals surface area contributed by atoms with E-state index in [1.807, 2.05) is 40.8 Å². The Morgan fingerprint density at radius 1 is 0.961 bits per heavy atom. The summed E-state index contributed by atoms with van der Waals surface area (Å²) in [5.74, 6) is -2.21. The molecule has 1 aromatic heterocycles. The number of carbonyl (C=O) groups is 2. The molecule has 3 aliphatic rings. The number of likely N-dealkylation sites (tertiary alicyclic amines) is 1. The Kier molecular flexibility index (Phi) is 11.6. The number of rotatable bonds is 12. The van der Waals surface area contributed by atoms with E-state index < -0.39 is 16.1 Å². The van der Waals surface area contributed by atoms with Gasteiger partial charge in [0, 0.05) is 94.9 Å². The maximum absolute atomic E-state index is 15.0. The number of ketones is 1. The monoisotopic (exact) mass is 759 g/mol. The molecule has 1 radical (unpaired) electrons. The number of hydrogen-bond acceptors (Lipinski definition) is 8. The van der Waals surface area contributed by atoms with Gasteiger partial charge in [-0.15, -0.1) is 0 Å². The summed E-state index contributed by atoms with van der Waals surface area (Å²) in [7, 11) is 1.24. The summed E-state index contributed by atoms with van der Waals surface area (Å²) >= 11 is 13.6. The normalized spacial score (nSPS) is 22.3. The van der Waals surface area contributed by atoms with Gasteiger partial charge in [0.15, 0.2) is 5.78 Å². The number of Topliss-reactive ketones (excluding diaryl/α,β-unsaturated/α-hetero) is 1. The van der Waals surface area contributed by atoms with Gasteiger partial charge in [-0.25, -0.2) is 0 Å². The number of aryl methyl sites for hydroxylation is 1. The van der Waals surface area contributed by atoms with Crippen LogP contribution < -0.4 is 5.32 Å². The largest absolute Gasteiger partial charge is 0.350 e. The van der Waals surface area contributed by atoms with Crippen LogP contribution in [-0.2, 0) is 38.0 Å². The summed E-state index contributed by atoms with van der Waals surface area (Å²) in [4.78, 5) is 43.8. The van der Waals surface area contributed by atoms with E-state index in [2.05, 4.69) is 16.5 Å². The number of carbonyl (C=O) groups excluding carboxylic acids is 3. The third kappa shape index (κ3) is 7.63. The molecule has 0 spiro atoms. The lowest BCUT2D eigenvalue weighted by molar-refractivity contribution is -0.259. The number of ether oxygens (including phenoxy) is 1. The van der Waals surface area contributed by atoms with Gasteiger partial charge in [-0.2, -0.15) is 17.0 Å². The molecule has 275 valence electrons. The molecule has 3 fully saturated rings. The first kappa shape index (κ1) is 37.9. The Bertz CT molecular complexity index is 1880. The summed E-state index contributed by atoms with van der Waals surface area (Å²) in [5.41, 5.74) is 2.21. The molecule has 1 N–H and O–H groups in total. The van der Waals surface area contributed by atoms with Crippen LogP contribution in [0.3, 0.4) is 0 Å². The van der Waals surface area contributed by atoms with Crippen LogP contribution in [0.2, 0.25) is 10.0 Å². The Hall–Kier alpha value is -2.88. The molecular weight excluding hydrogens is 715 g/mol. The minimum atomic E-state index is -3.64. The number of amides is 1. The smallest absolute Gasteiger partial charge is 0.281 e. The number of para-hydroxylation sites is 1. The number of nitrogens with zero attached hydrogens (tertiary/aromatic N) is 5. The maximum Gasteiger partial charge on any atom is 0.281 e. The number of halogens is 2. The van der Waals surface area contributed by atoms with E-state index in [0.717, 1.165) is 23.7 Å². The zero-order valence-corrected chi connectivity index (χ0v) is 31.6. The van der Waals surface area contributed by atoms with Gasteiger partial charge in [0.25, 0.3) is 16.1 Å². The number of hydrogen-bond donors (Lipinski definition) is 1.